The van der Waals surface area contributed by atoms with Gasteiger partial charge in [0.1, 0.15) is 5.82 Å². The minimum atomic E-state index is -0.293. The number of anilines is 2. The van der Waals surface area contributed by atoms with Crippen molar-refractivity contribution >= 4 is 17.4 Å². The number of hydrogen-bond donors (Lipinski definition) is 2. The number of rotatable bonds is 4. The molecule has 0 unspecified atom stereocenters. The lowest BCUT2D eigenvalue weighted by Gasteiger charge is -2.12. The lowest BCUT2D eigenvalue weighted by molar-refractivity contribution is 0.102. The molecule has 0 saturated carbocycles. The third-order valence-electron chi connectivity index (χ3n) is 2.74. The molecular weight excluding hydrogens is 254 g/mol. The zero-order valence-electron chi connectivity index (χ0n) is 11.5. The predicted octanol–water partition coefficient (Wildman–Crippen LogP) is 2.62. The number of nitrogen functional groups attached to an aromatic ring is 1. The number of aryl methyl sites for hydroxylation is 1. The standard InChI is InChI=1S/C15H17N3O2/c1-3-20-14-11(5-4-6-12(14)16)15(19)18-13-9-10(2)7-8-17-13/h4-9H,3,16H2,1-2H3,(H,17,18,19). The third kappa shape index (κ3) is 3.06. The molecule has 0 aliphatic rings. The number of para-hydroxylation sites is 1. The Kier molecular flexibility index (Phi) is 4.20. The second-order valence-corrected chi connectivity index (χ2v) is 4.33. The summed E-state index contributed by atoms with van der Waals surface area (Å²) in [7, 11) is 0. The van der Waals surface area contributed by atoms with Crippen LogP contribution in [0, 0.1) is 6.92 Å². The SMILES string of the molecule is CCOc1c(N)cccc1C(=O)Nc1cc(C)ccn1. The van der Waals surface area contributed by atoms with Gasteiger partial charge in [0, 0.05) is 6.20 Å². The predicted molar refractivity (Wildman–Crippen MR) is 79.0 cm³/mol. The van der Waals surface area contributed by atoms with Gasteiger partial charge in [0.25, 0.3) is 5.91 Å². The molecule has 0 aliphatic carbocycles. The molecule has 5 heteroatoms. The first-order valence-corrected chi connectivity index (χ1v) is 6.37. The van der Waals surface area contributed by atoms with Gasteiger partial charge in [0.15, 0.2) is 5.75 Å². The molecule has 0 atom stereocenters. The van der Waals surface area contributed by atoms with Crippen LogP contribution in [0.15, 0.2) is 36.5 Å². The smallest absolute Gasteiger partial charge is 0.260 e. The Hall–Kier alpha value is -2.56. The van der Waals surface area contributed by atoms with E-state index in [4.69, 9.17) is 10.5 Å². The van der Waals surface area contributed by atoms with Gasteiger partial charge in [-0.1, -0.05) is 6.07 Å². The van der Waals surface area contributed by atoms with Gasteiger partial charge < -0.3 is 15.8 Å². The van der Waals surface area contributed by atoms with E-state index in [0.717, 1.165) is 5.56 Å². The molecule has 104 valence electrons. The summed E-state index contributed by atoms with van der Waals surface area (Å²) in [6.45, 7) is 4.22. The second kappa shape index (κ2) is 6.06. The summed E-state index contributed by atoms with van der Waals surface area (Å²) >= 11 is 0. The maximum absolute atomic E-state index is 12.3. The fourth-order valence-corrected chi connectivity index (χ4v) is 1.83. The molecule has 2 aromatic rings. The quantitative estimate of drug-likeness (QED) is 0.838. The average molecular weight is 271 g/mol. The average Bonchev–Trinajstić information content (AvgIpc) is 2.41. The summed E-state index contributed by atoms with van der Waals surface area (Å²) in [5.74, 6) is 0.610. The molecule has 0 radical (unpaired) electrons. The molecule has 3 N–H and O–H groups in total. The number of aromatic nitrogens is 1. The van der Waals surface area contributed by atoms with Gasteiger partial charge in [-0.2, -0.15) is 0 Å². The number of ether oxygens (including phenoxy) is 1. The van der Waals surface area contributed by atoms with E-state index in [2.05, 4.69) is 10.3 Å². The van der Waals surface area contributed by atoms with Crippen molar-refractivity contribution in [2.45, 2.75) is 13.8 Å². The molecule has 0 saturated heterocycles. The van der Waals surface area contributed by atoms with Gasteiger partial charge in [-0.15, -0.1) is 0 Å². The lowest BCUT2D eigenvalue weighted by atomic mass is 10.1. The Morgan fingerprint density at radius 2 is 2.20 bits per heavy atom. The van der Waals surface area contributed by atoms with Gasteiger partial charge in [-0.3, -0.25) is 4.79 Å². The van der Waals surface area contributed by atoms with Crippen molar-refractivity contribution in [2.24, 2.45) is 0 Å². The van der Waals surface area contributed by atoms with Crippen LogP contribution in [0.5, 0.6) is 5.75 Å². The highest BCUT2D eigenvalue weighted by atomic mass is 16.5. The third-order valence-corrected chi connectivity index (χ3v) is 2.74. The van der Waals surface area contributed by atoms with Crippen LogP contribution in [0.1, 0.15) is 22.8 Å². The number of amides is 1. The Labute approximate surface area is 117 Å². The van der Waals surface area contributed by atoms with Gasteiger partial charge in [-0.25, -0.2) is 4.98 Å². The lowest BCUT2D eigenvalue weighted by Crippen LogP contribution is -2.15. The van der Waals surface area contributed by atoms with Gasteiger partial charge in [-0.05, 0) is 43.7 Å². The molecule has 1 amide bonds. The number of carbonyl (C=O) groups is 1. The molecule has 1 aromatic carbocycles. The molecular formula is C15H17N3O2. The Morgan fingerprint density at radius 1 is 1.40 bits per heavy atom. The second-order valence-electron chi connectivity index (χ2n) is 4.33. The van der Waals surface area contributed by atoms with Crippen LogP contribution in [-0.2, 0) is 0 Å². The van der Waals surface area contributed by atoms with E-state index >= 15 is 0 Å². The number of hydrogen-bond acceptors (Lipinski definition) is 4. The summed E-state index contributed by atoms with van der Waals surface area (Å²) in [6.07, 6.45) is 1.65. The van der Waals surface area contributed by atoms with E-state index in [1.807, 2.05) is 19.9 Å². The monoisotopic (exact) mass is 271 g/mol. The maximum atomic E-state index is 12.3. The maximum Gasteiger partial charge on any atom is 0.260 e. The summed E-state index contributed by atoms with van der Waals surface area (Å²) in [4.78, 5) is 16.4. The molecule has 20 heavy (non-hydrogen) atoms. The number of nitrogens with two attached hydrogens (primary N) is 1. The molecule has 2 rings (SSSR count). The number of carbonyl (C=O) groups excluding carboxylic acids is 1. The van der Waals surface area contributed by atoms with Crippen LogP contribution in [0.25, 0.3) is 0 Å². The van der Waals surface area contributed by atoms with E-state index in [1.54, 1.807) is 30.5 Å². The Morgan fingerprint density at radius 3 is 2.90 bits per heavy atom. The summed E-state index contributed by atoms with van der Waals surface area (Å²) in [5.41, 5.74) is 7.70. The van der Waals surface area contributed by atoms with Gasteiger partial charge in [0.05, 0.1) is 17.9 Å². The Balaban J connectivity index is 2.27. The normalized spacial score (nSPS) is 10.1. The number of nitrogens with zero attached hydrogens (tertiary/aromatic N) is 1. The highest BCUT2D eigenvalue weighted by Gasteiger charge is 2.15. The van der Waals surface area contributed by atoms with Crippen molar-refractivity contribution in [3.05, 3.63) is 47.7 Å². The van der Waals surface area contributed by atoms with Crippen LogP contribution in [0.4, 0.5) is 11.5 Å². The first kappa shape index (κ1) is 13.9. The fourth-order valence-electron chi connectivity index (χ4n) is 1.83. The van der Waals surface area contributed by atoms with Crippen LogP contribution in [0.2, 0.25) is 0 Å². The summed E-state index contributed by atoms with van der Waals surface area (Å²) in [5, 5.41) is 2.74. The highest BCUT2D eigenvalue weighted by Crippen LogP contribution is 2.27. The molecule has 5 nitrogen and oxygen atoms in total. The van der Waals surface area contributed by atoms with Crippen molar-refractivity contribution < 1.29 is 9.53 Å². The Bertz CT molecular complexity index is 626. The minimum Gasteiger partial charge on any atom is -0.491 e. The highest BCUT2D eigenvalue weighted by molar-refractivity contribution is 6.06. The molecule has 0 aliphatic heterocycles. The van der Waals surface area contributed by atoms with Crippen molar-refractivity contribution in [3.63, 3.8) is 0 Å². The first-order valence-electron chi connectivity index (χ1n) is 6.37. The van der Waals surface area contributed by atoms with E-state index in [9.17, 15) is 4.79 Å². The largest absolute Gasteiger partial charge is 0.491 e. The van der Waals surface area contributed by atoms with Crippen molar-refractivity contribution in [1.82, 2.24) is 4.98 Å². The van der Waals surface area contributed by atoms with Crippen molar-refractivity contribution in [2.75, 3.05) is 17.7 Å². The summed E-state index contributed by atoms with van der Waals surface area (Å²) < 4.78 is 5.44. The van der Waals surface area contributed by atoms with E-state index < -0.39 is 0 Å². The van der Waals surface area contributed by atoms with Crippen LogP contribution < -0.4 is 15.8 Å². The van der Waals surface area contributed by atoms with E-state index in [-0.39, 0.29) is 5.91 Å². The molecule has 0 bridgehead atoms. The zero-order chi connectivity index (χ0) is 14.5. The molecule has 1 aromatic heterocycles. The number of nitrogens with one attached hydrogen (secondary N) is 1. The molecule has 0 fully saturated rings. The fraction of sp³-hybridized carbons (Fsp3) is 0.200. The van der Waals surface area contributed by atoms with Crippen LogP contribution in [0.3, 0.4) is 0 Å². The van der Waals surface area contributed by atoms with E-state index in [0.29, 0.717) is 29.4 Å². The van der Waals surface area contributed by atoms with Gasteiger partial charge in [0.2, 0.25) is 0 Å². The van der Waals surface area contributed by atoms with Crippen LogP contribution in [-0.4, -0.2) is 17.5 Å². The van der Waals surface area contributed by atoms with Crippen molar-refractivity contribution in [1.29, 1.82) is 0 Å². The zero-order valence-corrected chi connectivity index (χ0v) is 11.5. The number of pyridine rings is 1. The van der Waals surface area contributed by atoms with Crippen molar-refractivity contribution in [3.8, 4) is 5.75 Å². The molecule has 0 spiro atoms. The van der Waals surface area contributed by atoms with Gasteiger partial charge >= 0.3 is 0 Å². The summed E-state index contributed by atoms with van der Waals surface area (Å²) in [6, 6.07) is 8.75. The first-order chi connectivity index (χ1) is 9.61. The van der Waals surface area contributed by atoms with E-state index in [1.165, 1.54) is 0 Å². The molecule has 1 heterocycles. The number of benzene rings is 1. The van der Waals surface area contributed by atoms with Crippen LogP contribution >= 0.6 is 0 Å². The minimum absolute atomic E-state index is 0.293. The topological polar surface area (TPSA) is 77.2 Å².